The van der Waals surface area contributed by atoms with Crippen molar-refractivity contribution in [1.29, 1.82) is 0 Å². The van der Waals surface area contributed by atoms with Crippen LogP contribution in [0.15, 0.2) is 23.1 Å². The second kappa shape index (κ2) is 5.58. The van der Waals surface area contributed by atoms with Gasteiger partial charge in [0.2, 0.25) is 0 Å². The van der Waals surface area contributed by atoms with Gasteiger partial charge in [0.1, 0.15) is 0 Å². The molecule has 0 bridgehead atoms. The Balaban J connectivity index is 1.93. The molecule has 1 aromatic carbocycles. The minimum absolute atomic E-state index is 0.0163. The lowest BCUT2D eigenvalue weighted by Crippen LogP contribution is -2.37. The summed E-state index contributed by atoms with van der Waals surface area (Å²) in [6.07, 6.45) is 3.39. The fourth-order valence-electron chi connectivity index (χ4n) is 4.03. The Bertz CT molecular complexity index is 816. The van der Waals surface area contributed by atoms with Crippen LogP contribution in [-0.4, -0.2) is 49.6 Å². The molecule has 24 heavy (non-hydrogen) atoms. The number of sulfone groups is 1. The molecule has 1 saturated heterocycles. The number of carbonyl (C=O) groups is 2. The minimum Gasteiger partial charge on any atom is -0.481 e. The number of aryl methyl sites for hydroxylation is 1. The van der Waals surface area contributed by atoms with Crippen molar-refractivity contribution in [3.8, 4) is 0 Å². The number of rotatable bonds is 3. The lowest BCUT2D eigenvalue weighted by Gasteiger charge is -2.23. The molecule has 0 unspecified atom stereocenters. The van der Waals surface area contributed by atoms with Gasteiger partial charge in [0, 0.05) is 24.9 Å². The Kier molecular flexibility index (Phi) is 3.94. The molecule has 2 aliphatic rings. The zero-order valence-electron chi connectivity index (χ0n) is 13.8. The third-order valence-corrected chi connectivity index (χ3v) is 6.56. The van der Waals surface area contributed by atoms with E-state index >= 15 is 0 Å². The predicted molar refractivity (Wildman–Crippen MR) is 87.6 cm³/mol. The summed E-state index contributed by atoms with van der Waals surface area (Å²) in [6.45, 7) is 2.38. The zero-order valence-corrected chi connectivity index (χ0v) is 14.6. The van der Waals surface area contributed by atoms with Gasteiger partial charge in [-0.3, -0.25) is 9.59 Å². The van der Waals surface area contributed by atoms with Crippen LogP contribution in [0.3, 0.4) is 0 Å². The van der Waals surface area contributed by atoms with Gasteiger partial charge in [-0.2, -0.15) is 0 Å². The standard InChI is InChI=1S/C17H21NO5S/c1-11-5-6-13(24(2,22)23)8-14(11)15(19)18-9-12-4-3-7-17(12,10-18)16(20)21/h5-6,8,12H,3-4,7,9-10H2,1-2H3,(H,20,21)/t12-,17+/m0/s1. The summed E-state index contributed by atoms with van der Waals surface area (Å²) >= 11 is 0. The van der Waals surface area contributed by atoms with Crippen molar-refractivity contribution in [2.24, 2.45) is 11.3 Å². The SMILES string of the molecule is Cc1ccc(S(C)(=O)=O)cc1C(=O)N1C[C@@H]2CCC[C@@]2(C(=O)O)C1. The fraction of sp³-hybridized carbons (Fsp3) is 0.529. The van der Waals surface area contributed by atoms with Gasteiger partial charge in [-0.1, -0.05) is 12.5 Å². The molecule has 3 rings (SSSR count). The summed E-state index contributed by atoms with van der Waals surface area (Å²) in [6, 6.07) is 4.50. The van der Waals surface area contributed by atoms with Crippen LogP contribution in [0, 0.1) is 18.3 Å². The predicted octanol–water partition coefficient (Wildman–Crippen LogP) is 1.73. The van der Waals surface area contributed by atoms with Gasteiger partial charge in [-0.05, 0) is 43.4 Å². The number of benzene rings is 1. The van der Waals surface area contributed by atoms with Crippen molar-refractivity contribution in [3.05, 3.63) is 29.3 Å². The van der Waals surface area contributed by atoms with Crippen LogP contribution in [0.2, 0.25) is 0 Å². The summed E-state index contributed by atoms with van der Waals surface area (Å²) in [5, 5.41) is 9.63. The number of carboxylic acid groups (broad SMARTS) is 1. The average molecular weight is 351 g/mol. The van der Waals surface area contributed by atoms with Crippen molar-refractivity contribution < 1.29 is 23.1 Å². The molecule has 1 aliphatic heterocycles. The second-order valence-electron chi connectivity index (χ2n) is 6.99. The molecule has 1 amide bonds. The van der Waals surface area contributed by atoms with E-state index in [4.69, 9.17) is 0 Å². The van der Waals surface area contributed by atoms with E-state index in [1.165, 1.54) is 12.1 Å². The van der Waals surface area contributed by atoms with Crippen LogP contribution in [0.1, 0.15) is 35.2 Å². The molecule has 0 aromatic heterocycles. The highest BCUT2D eigenvalue weighted by atomic mass is 32.2. The number of hydrogen-bond donors (Lipinski definition) is 1. The van der Waals surface area contributed by atoms with Gasteiger partial charge >= 0.3 is 5.97 Å². The minimum atomic E-state index is -3.40. The molecule has 1 aromatic rings. The first-order valence-corrected chi connectivity index (χ1v) is 9.88. The van der Waals surface area contributed by atoms with Crippen molar-refractivity contribution in [2.45, 2.75) is 31.1 Å². The molecule has 130 valence electrons. The number of fused-ring (bicyclic) bond motifs is 1. The molecular formula is C17H21NO5S. The molecule has 0 radical (unpaired) electrons. The number of likely N-dealkylation sites (tertiary alicyclic amines) is 1. The number of amides is 1. The Morgan fingerprint density at radius 2 is 2.04 bits per heavy atom. The highest BCUT2D eigenvalue weighted by Gasteiger charge is 2.55. The quantitative estimate of drug-likeness (QED) is 0.895. The largest absolute Gasteiger partial charge is 0.481 e. The maximum atomic E-state index is 12.9. The van der Waals surface area contributed by atoms with E-state index in [9.17, 15) is 23.1 Å². The van der Waals surface area contributed by atoms with Gasteiger partial charge in [0.15, 0.2) is 9.84 Å². The highest BCUT2D eigenvalue weighted by molar-refractivity contribution is 7.90. The number of carbonyl (C=O) groups excluding carboxylic acids is 1. The van der Waals surface area contributed by atoms with Crippen LogP contribution in [0.25, 0.3) is 0 Å². The van der Waals surface area contributed by atoms with Crippen LogP contribution < -0.4 is 0 Å². The van der Waals surface area contributed by atoms with Gasteiger partial charge < -0.3 is 10.0 Å². The number of nitrogens with zero attached hydrogens (tertiary/aromatic N) is 1. The first-order valence-electron chi connectivity index (χ1n) is 7.98. The van der Waals surface area contributed by atoms with Gasteiger partial charge in [0.25, 0.3) is 5.91 Å². The van der Waals surface area contributed by atoms with Crippen LogP contribution in [0.4, 0.5) is 0 Å². The van der Waals surface area contributed by atoms with E-state index in [0.29, 0.717) is 24.1 Å². The molecule has 7 heteroatoms. The zero-order chi connectivity index (χ0) is 17.7. The molecule has 6 nitrogen and oxygen atoms in total. The summed E-state index contributed by atoms with van der Waals surface area (Å²) < 4.78 is 23.5. The van der Waals surface area contributed by atoms with Gasteiger partial charge in [0.05, 0.1) is 10.3 Å². The van der Waals surface area contributed by atoms with E-state index in [-0.39, 0.29) is 23.3 Å². The summed E-state index contributed by atoms with van der Waals surface area (Å²) in [7, 11) is -3.40. The third-order valence-electron chi connectivity index (χ3n) is 5.45. The van der Waals surface area contributed by atoms with Gasteiger partial charge in [-0.25, -0.2) is 8.42 Å². The normalized spacial score (nSPS) is 26.4. The maximum Gasteiger partial charge on any atom is 0.311 e. The van der Waals surface area contributed by atoms with E-state index in [2.05, 4.69) is 0 Å². The molecule has 1 saturated carbocycles. The number of aliphatic carboxylic acids is 1. The Labute approximate surface area is 141 Å². The molecule has 1 heterocycles. The second-order valence-corrected chi connectivity index (χ2v) is 9.00. The van der Waals surface area contributed by atoms with Crippen molar-refractivity contribution in [1.82, 2.24) is 4.90 Å². The highest BCUT2D eigenvalue weighted by Crippen LogP contribution is 2.49. The van der Waals surface area contributed by atoms with Crippen molar-refractivity contribution >= 4 is 21.7 Å². The molecule has 2 fully saturated rings. The first-order chi connectivity index (χ1) is 11.1. The lowest BCUT2D eigenvalue weighted by molar-refractivity contribution is -0.149. The maximum absolute atomic E-state index is 12.9. The van der Waals surface area contributed by atoms with E-state index in [0.717, 1.165) is 19.1 Å². The Hall–Kier alpha value is -1.89. The summed E-state index contributed by atoms with van der Waals surface area (Å²) in [5.41, 5.74) is 0.185. The molecule has 0 spiro atoms. The molecule has 1 N–H and O–H groups in total. The monoisotopic (exact) mass is 351 g/mol. The average Bonchev–Trinajstić information content (AvgIpc) is 3.03. The smallest absolute Gasteiger partial charge is 0.311 e. The van der Waals surface area contributed by atoms with E-state index < -0.39 is 21.2 Å². The van der Waals surface area contributed by atoms with E-state index in [1.807, 2.05) is 0 Å². The first kappa shape index (κ1) is 17.0. The summed E-state index contributed by atoms with van der Waals surface area (Å²) in [4.78, 5) is 26.3. The van der Waals surface area contributed by atoms with Crippen LogP contribution in [0.5, 0.6) is 0 Å². The Morgan fingerprint density at radius 1 is 1.33 bits per heavy atom. The third kappa shape index (κ3) is 2.60. The van der Waals surface area contributed by atoms with Crippen LogP contribution >= 0.6 is 0 Å². The van der Waals surface area contributed by atoms with Crippen LogP contribution in [-0.2, 0) is 14.6 Å². The van der Waals surface area contributed by atoms with Crippen molar-refractivity contribution in [2.75, 3.05) is 19.3 Å². The van der Waals surface area contributed by atoms with E-state index in [1.54, 1.807) is 17.9 Å². The fourth-order valence-corrected chi connectivity index (χ4v) is 4.67. The molecular weight excluding hydrogens is 330 g/mol. The van der Waals surface area contributed by atoms with Gasteiger partial charge in [-0.15, -0.1) is 0 Å². The van der Waals surface area contributed by atoms with Crippen molar-refractivity contribution in [3.63, 3.8) is 0 Å². The Morgan fingerprint density at radius 3 is 2.62 bits per heavy atom. The molecule has 1 aliphatic carbocycles. The topological polar surface area (TPSA) is 91.8 Å². The summed E-state index contributed by atoms with van der Waals surface area (Å²) in [5.74, 6) is -1.13. The molecule has 2 atom stereocenters. The number of hydrogen-bond acceptors (Lipinski definition) is 4. The number of carboxylic acids is 1. The lowest BCUT2D eigenvalue weighted by atomic mass is 9.81.